The van der Waals surface area contributed by atoms with E-state index >= 15 is 0 Å². The molecule has 2 heterocycles. The van der Waals surface area contributed by atoms with Crippen LogP contribution in [0.2, 0.25) is 0 Å². The van der Waals surface area contributed by atoms with E-state index in [1.807, 2.05) is 37.4 Å². The molecule has 0 saturated carbocycles. The second-order valence-corrected chi connectivity index (χ2v) is 6.65. The summed E-state index contributed by atoms with van der Waals surface area (Å²) in [6, 6.07) is 6.95. The maximum Gasteiger partial charge on any atom is 0.332 e. The van der Waals surface area contributed by atoms with E-state index in [1.165, 1.54) is 14.2 Å². The van der Waals surface area contributed by atoms with Gasteiger partial charge in [0.2, 0.25) is 0 Å². The smallest absolute Gasteiger partial charge is 0.332 e. The summed E-state index contributed by atoms with van der Waals surface area (Å²) in [7, 11) is 2.52. The lowest BCUT2D eigenvalue weighted by Crippen LogP contribution is -2.35. The van der Waals surface area contributed by atoms with Crippen molar-refractivity contribution in [2.24, 2.45) is 10.1 Å². The molecule has 0 fully saturated rings. The molecule has 9 heteroatoms. The van der Waals surface area contributed by atoms with Crippen molar-refractivity contribution in [1.82, 2.24) is 10.4 Å². The first-order chi connectivity index (χ1) is 12.5. The molecule has 0 spiro atoms. The van der Waals surface area contributed by atoms with Gasteiger partial charge in [-0.2, -0.15) is 5.10 Å². The Morgan fingerprint density at radius 3 is 2.69 bits per heavy atom. The predicted octanol–water partition coefficient (Wildman–Crippen LogP) is 1.67. The monoisotopic (exact) mass is 374 g/mol. The van der Waals surface area contributed by atoms with Crippen molar-refractivity contribution in [3.05, 3.63) is 36.0 Å². The molecule has 1 aliphatic heterocycles. The van der Waals surface area contributed by atoms with Crippen molar-refractivity contribution in [3.8, 4) is 0 Å². The third-order valence-electron chi connectivity index (χ3n) is 3.96. The third-order valence-corrected chi connectivity index (χ3v) is 5.08. The number of nitrogens with zero attached hydrogens (tertiary/aromatic N) is 2. The van der Waals surface area contributed by atoms with Crippen molar-refractivity contribution in [3.63, 3.8) is 0 Å². The molecule has 3 rings (SSSR count). The van der Waals surface area contributed by atoms with Crippen LogP contribution in [0.3, 0.4) is 0 Å². The number of nitrogens with one attached hydrogen (secondary N) is 2. The van der Waals surface area contributed by atoms with Gasteiger partial charge in [-0.15, -0.1) is 0 Å². The molecule has 8 nitrogen and oxygen atoms in total. The topological polar surface area (TPSA) is 105 Å². The van der Waals surface area contributed by atoms with Gasteiger partial charge >= 0.3 is 11.9 Å². The van der Waals surface area contributed by atoms with Crippen LogP contribution in [0.1, 0.15) is 12.5 Å². The molecule has 136 valence electrons. The van der Waals surface area contributed by atoms with Gasteiger partial charge in [0.25, 0.3) is 0 Å². The van der Waals surface area contributed by atoms with Crippen LogP contribution >= 0.6 is 11.8 Å². The second kappa shape index (κ2) is 7.61. The average molecular weight is 374 g/mol. The normalized spacial score (nSPS) is 20.0. The van der Waals surface area contributed by atoms with Gasteiger partial charge in [-0.3, -0.25) is 10.2 Å². The number of aliphatic imine (C=N–C) groups is 1. The van der Waals surface area contributed by atoms with E-state index in [0.717, 1.165) is 33.9 Å². The number of methoxy groups -OCH3 is 2. The molecule has 0 aliphatic carbocycles. The summed E-state index contributed by atoms with van der Waals surface area (Å²) in [4.78, 5) is 31.1. The molecule has 2 N–H and O–H groups in total. The number of esters is 2. The largest absolute Gasteiger partial charge is 0.468 e. The van der Waals surface area contributed by atoms with E-state index in [0.29, 0.717) is 5.17 Å². The van der Waals surface area contributed by atoms with Gasteiger partial charge < -0.3 is 14.5 Å². The maximum atomic E-state index is 11.9. The first-order valence-electron chi connectivity index (χ1n) is 7.82. The van der Waals surface area contributed by atoms with Crippen molar-refractivity contribution >= 4 is 45.5 Å². The van der Waals surface area contributed by atoms with Crippen molar-refractivity contribution in [2.45, 2.75) is 18.2 Å². The predicted molar refractivity (Wildman–Crippen MR) is 100 cm³/mol. The summed E-state index contributed by atoms with van der Waals surface area (Å²) < 4.78 is 9.44. The molecule has 2 unspecified atom stereocenters. The number of para-hydroxylation sites is 1. The van der Waals surface area contributed by atoms with Crippen LogP contribution in [-0.2, 0) is 19.1 Å². The third kappa shape index (κ3) is 3.43. The number of amidine groups is 1. The lowest BCUT2D eigenvalue weighted by molar-refractivity contribution is -0.147. The fraction of sp³-hybridized carbons (Fsp3) is 0.294. The maximum absolute atomic E-state index is 11.9. The highest BCUT2D eigenvalue weighted by Gasteiger charge is 2.42. The zero-order valence-corrected chi connectivity index (χ0v) is 15.3. The summed E-state index contributed by atoms with van der Waals surface area (Å²) in [5, 5.41) is 4.94. The summed E-state index contributed by atoms with van der Waals surface area (Å²) >= 11 is 1.09. The van der Waals surface area contributed by atoms with E-state index in [4.69, 9.17) is 9.47 Å². The number of hydrazone groups is 1. The fourth-order valence-electron chi connectivity index (χ4n) is 2.62. The van der Waals surface area contributed by atoms with E-state index < -0.39 is 23.2 Å². The number of hydrogen-bond donors (Lipinski definition) is 2. The number of aromatic nitrogens is 1. The molecular weight excluding hydrogens is 356 g/mol. The number of fused-ring (bicyclic) bond motifs is 1. The lowest BCUT2D eigenvalue weighted by atomic mass is 10.1. The van der Waals surface area contributed by atoms with Crippen LogP contribution in [0.5, 0.6) is 0 Å². The van der Waals surface area contributed by atoms with Gasteiger partial charge in [-0.25, -0.2) is 9.79 Å². The highest BCUT2D eigenvalue weighted by molar-refractivity contribution is 8.15. The Kier molecular flexibility index (Phi) is 5.27. The number of benzene rings is 1. The summed E-state index contributed by atoms with van der Waals surface area (Å²) in [6.07, 6.45) is 1.88. The van der Waals surface area contributed by atoms with Crippen LogP contribution in [0, 0.1) is 0 Å². The van der Waals surface area contributed by atoms with Gasteiger partial charge in [0.1, 0.15) is 5.25 Å². The van der Waals surface area contributed by atoms with E-state index in [9.17, 15) is 9.59 Å². The summed E-state index contributed by atoms with van der Waals surface area (Å²) in [5.41, 5.74) is 5.53. The Morgan fingerprint density at radius 2 is 1.96 bits per heavy atom. The SMILES string of the molecule is COC(=O)C1N=C(N/N=C(\C)c2c[nH]c3ccccc23)SC1C(=O)OC. The van der Waals surface area contributed by atoms with E-state index in [1.54, 1.807) is 0 Å². The zero-order chi connectivity index (χ0) is 18.7. The van der Waals surface area contributed by atoms with Crippen LogP contribution in [0.15, 0.2) is 40.6 Å². The minimum absolute atomic E-state index is 0.356. The number of thioether (sulfide) groups is 1. The van der Waals surface area contributed by atoms with Crippen LogP contribution < -0.4 is 5.43 Å². The number of aromatic amines is 1. The molecule has 26 heavy (non-hydrogen) atoms. The first-order valence-corrected chi connectivity index (χ1v) is 8.70. The lowest BCUT2D eigenvalue weighted by Gasteiger charge is -2.11. The Labute approximate surface area is 154 Å². The Hall–Kier alpha value is -2.81. The van der Waals surface area contributed by atoms with E-state index in [2.05, 4.69) is 20.5 Å². The minimum atomic E-state index is -0.955. The van der Waals surface area contributed by atoms with Gasteiger partial charge in [0, 0.05) is 22.7 Å². The Bertz CT molecular complexity index is 905. The highest BCUT2D eigenvalue weighted by Crippen LogP contribution is 2.28. The van der Waals surface area contributed by atoms with Gasteiger partial charge in [-0.05, 0) is 13.0 Å². The molecule has 2 atom stereocenters. The number of ether oxygens (including phenoxy) is 2. The zero-order valence-electron chi connectivity index (χ0n) is 14.5. The average Bonchev–Trinajstić information content (AvgIpc) is 3.29. The molecule has 0 bridgehead atoms. The molecule has 1 aromatic carbocycles. The van der Waals surface area contributed by atoms with Crippen molar-refractivity contribution in [1.29, 1.82) is 0 Å². The van der Waals surface area contributed by atoms with Crippen LogP contribution in [0.4, 0.5) is 0 Å². The molecule has 1 aliphatic rings. The number of carbonyl (C=O) groups excluding carboxylic acids is 2. The summed E-state index contributed by atoms with van der Waals surface area (Å²) in [6.45, 7) is 1.86. The molecule has 0 radical (unpaired) electrons. The van der Waals surface area contributed by atoms with Crippen LogP contribution in [-0.4, -0.2) is 53.3 Å². The Balaban J connectivity index is 1.78. The number of H-pyrrole nitrogens is 1. The second-order valence-electron chi connectivity index (χ2n) is 5.52. The van der Waals surface area contributed by atoms with Gasteiger partial charge in [0.15, 0.2) is 11.2 Å². The minimum Gasteiger partial charge on any atom is -0.468 e. The van der Waals surface area contributed by atoms with Crippen molar-refractivity contribution in [2.75, 3.05) is 14.2 Å². The molecule has 1 aromatic heterocycles. The summed E-state index contributed by atoms with van der Waals surface area (Å²) in [5.74, 6) is -1.13. The van der Waals surface area contributed by atoms with E-state index in [-0.39, 0.29) is 0 Å². The Morgan fingerprint density at radius 1 is 1.23 bits per heavy atom. The molecule has 2 aromatic rings. The molecular formula is C17H18N4O4S. The number of rotatable bonds is 4. The van der Waals surface area contributed by atoms with Gasteiger partial charge in [0.05, 0.1) is 19.9 Å². The van der Waals surface area contributed by atoms with Gasteiger partial charge in [-0.1, -0.05) is 30.0 Å². The number of carbonyl (C=O) groups is 2. The number of hydrogen-bond acceptors (Lipinski definition) is 8. The van der Waals surface area contributed by atoms with Crippen molar-refractivity contribution < 1.29 is 19.1 Å². The molecule has 0 saturated heterocycles. The standard InChI is InChI=1S/C17H18N4O4S/c1-9(11-8-18-12-7-5-4-6-10(11)12)20-21-17-19-13(15(22)24-2)14(26-17)16(23)25-3/h4-8,13-14,18H,1-3H3,(H,19,21)/b20-9+. The molecule has 0 amide bonds. The fourth-order valence-corrected chi connectivity index (χ4v) is 3.62. The quantitative estimate of drug-likeness (QED) is 0.479. The highest BCUT2D eigenvalue weighted by atomic mass is 32.2. The first kappa shape index (κ1) is 18.0. The van der Waals surface area contributed by atoms with Crippen LogP contribution in [0.25, 0.3) is 10.9 Å².